The zero-order valence-electron chi connectivity index (χ0n) is 16.0. The summed E-state index contributed by atoms with van der Waals surface area (Å²) in [7, 11) is 0. The largest absolute Gasteiger partial charge is 0.327 e. The Bertz CT molecular complexity index is 1280. The Morgan fingerprint density at radius 1 is 0.800 bits per heavy atom. The highest BCUT2D eigenvalue weighted by Gasteiger charge is 2.21. The lowest BCUT2D eigenvalue weighted by atomic mass is 10.2. The second kappa shape index (κ2) is 7.65. The third kappa shape index (κ3) is 3.31. The third-order valence-corrected chi connectivity index (χ3v) is 5.41. The van der Waals surface area contributed by atoms with Gasteiger partial charge in [-0.15, -0.1) is 0 Å². The van der Waals surface area contributed by atoms with E-state index >= 15 is 0 Å². The topological polar surface area (TPSA) is 54.9 Å². The minimum Gasteiger partial charge on any atom is -0.327 e. The highest BCUT2D eigenvalue weighted by Crippen LogP contribution is 2.21. The lowest BCUT2D eigenvalue weighted by Gasteiger charge is -2.23. The van der Waals surface area contributed by atoms with Gasteiger partial charge < -0.3 is 13.7 Å². The molecule has 1 amide bonds. The van der Waals surface area contributed by atoms with Gasteiger partial charge in [0.1, 0.15) is 11.3 Å². The average Bonchev–Trinajstić information content (AvgIpc) is 3.38. The summed E-state index contributed by atoms with van der Waals surface area (Å²) in [5.41, 5.74) is 3.99. The first kappa shape index (κ1) is 18.4. The first-order chi connectivity index (χ1) is 14.7. The average molecular weight is 416 g/mol. The van der Waals surface area contributed by atoms with Crippen LogP contribution in [0.1, 0.15) is 21.7 Å². The smallest absolute Gasteiger partial charge is 0.256 e. The fraction of sp³-hybridized carbons (Fsp3) is 0.0870. The normalized spacial score (nSPS) is 11.2. The van der Waals surface area contributed by atoms with Crippen LogP contribution in [0.25, 0.3) is 11.3 Å². The molecule has 0 spiro atoms. The van der Waals surface area contributed by atoms with Crippen LogP contribution in [0.5, 0.6) is 0 Å². The summed E-state index contributed by atoms with van der Waals surface area (Å²) < 4.78 is 3.97. The number of nitrogens with zero attached hydrogens (tertiary/aromatic N) is 5. The maximum atomic E-state index is 13.5. The van der Waals surface area contributed by atoms with E-state index in [1.54, 1.807) is 29.4 Å². The van der Waals surface area contributed by atoms with Crippen LogP contribution >= 0.6 is 11.6 Å². The Labute approximate surface area is 178 Å². The van der Waals surface area contributed by atoms with Gasteiger partial charge in [0.05, 0.1) is 47.5 Å². The zero-order valence-corrected chi connectivity index (χ0v) is 16.8. The minimum absolute atomic E-state index is 0.141. The molecule has 4 aromatic heterocycles. The van der Waals surface area contributed by atoms with Gasteiger partial charge >= 0.3 is 0 Å². The number of fused-ring (bicyclic) bond motifs is 2. The summed E-state index contributed by atoms with van der Waals surface area (Å²) in [5.74, 6) is -0.141. The molecule has 0 saturated heterocycles. The van der Waals surface area contributed by atoms with Crippen LogP contribution in [-0.4, -0.2) is 29.6 Å². The molecule has 1 aromatic carbocycles. The molecule has 4 heterocycles. The summed E-state index contributed by atoms with van der Waals surface area (Å²) in [4.78, 5) is 24.1. The minimum atomic E-state index is -0.141. The molecule has 6 nitrogen and oxygen atoms in total. The fourth-order valence-electron chi connectivity index (χ4n) is 3.60. The Morgan fingerprint density at radius 3 is 1.90 bits per heavy atom. The molecular weight excluding hydrogens is 398 g/mol. The molecule has 148 valence electrons. The van der Waals surface area contributed by atoms with E-state index in [0.717, 1.165) is 22.7 Å². The van der Waals surface area contributed by atoms with Crippen molar-refractivity contribution in [3.8, 4) is 0 Å². The van der Waals surface area contributed by atoms with E-state index in [0.29, 0.717) is 23.7 Å². The van der Waals surface area contributed by atoms with Gasteiger partial charge in [-0.25, -0.2) is 9.97 Å². The van der Waals surface area contributed by atoms with Crippen molar-refractivity contribution in [1.82, 2.24) is 23.7 Å². The van der Waals surface area contributed by atoms with Crippen molar-refractivity contribution in [2.45, 2.75) is 13.1 Å². The van der Waals surface area contributed by atoms with Gasteiger partial charge in [-0.1, -0.05) is 35.9 Å². The Kier molecular flexibility index (Phi) is 4.69. The molecule has 0 saturated carbocycles. The van der Waals surface area contributed by atoms with Gasteiger partial charge in [0.2, 0.25) is 0 Å². The van der Waals surface area contributed by atoms with E-state index < -0.39 is 0 Å². The molecule has 0 fully saturated rings. The van der Waals surface area contributed by atoms with Crippen molar-refractivity contribution in [3.05, 3.63) is 107 Å². The van der Waals surface area contributed by atoms with Crippen LogP contribution in [0.4, 0.5) is 0 Å². The van der Waals surface area contributed by atoms with E-state index in [2.05, 4.69) is 9.97 Å². The number of aromatic nitrogens is 4. The second-order valence-corrected chi connectivity index (χ2v) is 7.41. The number of benzene rings is 1. The quantitative estimate of drug-likeness (QED) is 0.425. The van der Waals surface area contributed by atoms with Crippen LogP contribution in [0.3, 0.4) is 0 Å². The molecule has 5 aromatic rings. The monoisotopic (exact) mass is 415 g/mol. The maximum absolute atomic E-state index is 13.5. The standard InChI is InChI=1S/C23H18ClN5O/c24-20-8-2-1-7-19(20)23(30)27(15-17-13-25-21-9-3-5-11-28(17)21)16-18-14-26-22-10-4-6-12-29(18)22/h1-14H,15-16H2. The molecule has 0 unspecified atom stereocenters. The summed E-state index contributed by atoms with van der Waals surface area (Å²) in [5, 5.41) is 0.434. The number of hydrogen-bond donors (Lipinski definition) is 0. The molecular formula is C23H18ClN5O. The van der Waals surface area contributed by atoms with Crippen LogP contribution in [0.15, 0.2) is 85.5 Å². The third-order valence-electron chi connectivity index (χ3n) is 5.08. The van der Waals surface area contributed by atoms with Crippen LogP contribution in [0, 0.1) is 0 Å². The summed E-state index contributed by atoms with van der Waals surface area (Å²) >= 11 is 6.33. The number of hydrogen-bond acceptors (Lipinski definition) is 3. The van der Waals surface area contributed by atoms with Gasteiger partial charge in [-0.05, 0) is 36.4 Å². The van der Waals surface area contributed by atoms with E-state index in [4.69, 9.17) is 11.6 Å². The molecule has 30 heavy (non-hydrogen) atoms. The lowest BCUT2D eigenvalue weighted by Crippen LogP contribution is -2.31. The van der Waals surface area contributed by atoms with Gasteiger partial charge in [0, 0.05) is 12.4 Å². The highest BCUT2D eigenvalue weighted by atomic mass is 35.5. The molecule has 0 bridgehead atoms. The predicted octanol–water partition coefficient (Wildman–Crippen LogP) is 4.48. The second-order valence-electron chi connectivity index (χ2n) is 7.00. The first-order valence-corrected chi connectivity index (χ1v) is 9.94. The van der Waals surface area contributed by atoms with Crippen molar-refractivity contribution in [2.75, 3.05) is 0 Å². The number of carbonyl (C=O) groups is 1. The summed E-state index contributed by atoms with van der Waals surface area (Å²) in [6, 6.07) is 18.8. The number of pyridine rings is 2. The molecule has 0 aliphatic rings. The summed E-state index contributed by atoms with van der Waals surface area (Å²) in [6.07, 6.45) is 7.50. The molecule has 0 atom stereocenters. The SMILES string of the molecule is O=C(c1ccccc1Cl)N(Cc1cnc2ccccn12)Cc1cnc2ccccn12. The van der Waals surface area contributed by atoms with E-state index in [-0.39, 0.29) is 5.91 Å². The fourth-order valence-corrected chi connectivity index (χ4v) is 3.82. The van der Waals surface area contributed by atoms with Crippen LogP contribution in [0.2, 0.25) is 5.02 Å². The first-order valence-electron chi connectivity index (χ1n) is 9.56. The zero-order chi connectivity index (χ0) is 20.5. The van der Waals surface area contributed by atoms with Gasteiger partial charge in [0.15, 0.2) is 0 Å². The molecule has 0 aliphatic carbocycles. The number of carbonyl (C=O) groups excluding carboxylic acids is 1. The Balaban J connectivity index is 1.55. The van der Waals surface area contributed by atoms with E-state index in [9.17, 15) is 4.79 Å². The van der Waals surface area contributed by atoms with Gasteiger partial charge in [0.25, 0.3) is 5.91 Å². The Morgan fingerprint density at radius 2 is 1.33 bits per heavy atom. The van der Waals surface area contributed by atoms with Gasteiger partial charge in [-0.3, -0.25) is 4.79 Å². The maximum Gasteiger partial charge on any atom is 0.256 e. The van der Waals surface area contributed by atoms with Crippen molar-refractivity contribution in [2.24, 2.45) is 0 Å². The Hall–Kier alpha value is -3.64. The number of halogens is 1. The summed E-state index contributed by atoms with van der Waals surface area (Å²) in [6.45, 7) is 0.768. The predicted molar refractivity (Wildman–Crippen MR) is 115 cm³/mol. The lowest BCUT2D eigenvalue weighted by molar-refractivity contribution is 0.0725. The molecule has 0 N–H and O–H groups in total. The molecule has 0 radical (unpaired) electrons. The number of amides is 1. The van der Waals surface area contributed by atoms with Crippen molar-refractivity contribution in [1.29, 1.82) is 0 Å². The van der Waals surface area contributed by atoms with Crippen molar-refractivity contribution >= 4 is 28.8 Å². The molecule has 0 aliphatic heterocycles. The van der Waals surface area contributed by atoms with E-state index in [1.165, 1.54) is 0 Å². The molecule has 5 rings (SSSR count). The highest BCUT2D eigenvalue weighted by molar-refractivity contribution is 6.33. The van der Waals surface area contributed by atoms with Crippen LogP contribution < -0.4 is 0 Å². The van der Waals surface area contributed by atoms with Crippen molar-refractivity contribution < 1.29 is 4.79 Å². The number of rotatable bonds is 5. The number of imidazole rings is 2. The van der Waals surface area contributed by atoms with Crippen molar-refractivity contribution in [3.63, 3.8) is 0 Å². The van der Waals surface area contributed by atoms with Gasteiger partial charge in [-0.2, -0.15) is 0 Å². The molecule has 7 heteroatoms. The van der Waals surface area contributed by atoms with E-state index in [1.807, 2.05) is 69.7 Å². The van der Waals surface area contributed by atoms with Crippen LogP contribution in [-0.2, 0) is 13.1 Å².